The van der Waals surface area contributed by atoms with E-state index in [4.69, 9.17) is 9.84 Å². The molecule has 0 radical (unpaired) electrons. The quantitative estimate of drug-likeness (QED) is 0.757. The Kier molecular flexibility index (Phi) is 4.54. The average molecular weight is 215 g/mol. The van der Waals surface area contributed by atoms with Crippen LogP contribution in [0.3, 0.4) is 0 Å². The van der Waals surface area contributed by atoms with Crippen LogP contribution < -0.4 is 0 Å². The highest BCUT2D eigenvalue weighted by Crippen LogP contribution is 2.20. The minimum atomic E-state index is -0.389. The maximum atomic E-state index is 11.3. The van der Waals surface area contributed by atoms with Crippen molar-refractivity contribution >= 4 is 5.91 Å². The van der Waals surface area contributed by atoms with Gasteiger partial charge < -0.3 is 14.7 Å². The number of hydrogen-bond acceptors (Lipinski definition) is 3. The average Bonchev–Trinajstić information content (AvgIpc) is 2.16. The van der Waals surface area contributed by atoms with Crippen LogP contribution in [0.4, 0.5) is 0 Å². The topological polar surface area (TPSA) is 49.8 Å². The first-order valence-corrected chi connectivity index (χ1v) is 5.60. The molecule has 0 aliphatic carbocycles. The number of nitrogens with zero attached hydrogens (tertiary/aromatic N) is 1. The highest BCUT2D eigenvalue weighted by Gasteiger charge is 2.28. The minimum absolute atomic E-state index is 0.169. The molecule has 0 bridgehead atoms. The fourth-order valence-corrected chi connectivity index (χ4v) is 2.10. The predicted molar refractivity (Wildman–Crippen MR) is 57.5 cm³/mol. The number of amides is 1. The summed E-state index contributed by atoms with van der Waals surface area (Å²) in [6.45, 7) is 6.35. The van der Waals surface area contributed by atoms with Crippen molar-refractivity contribution in [3.05, 3.63) is 0 Å². The summed E-state index contributed by atoms with van der Waals surface area (Å²) in [7, 11) is 0. The molecule has 88 valence electrons. The summed E-state index contributed by atoms with van der Waals surface area (Å²) in [6.07, 6.45) is 2.23. The summed E-state index contributed by atoms with van der Waals surface area (Å²) in [6, 6.07) is 0.169. The molecule has 4 heteroatoms. The zero-order valence-corrected chi connectivity index (χ0v) is 9.77. The van der Waals surface area contributed by atoms with Gasteiger partial charge in [0.25, 0.3) is 0 Å². The van der Waals surface area contributed by atoms with Crippen LogP contribution in [0.1, 0.15) is 33.6 Å². The van der Waals surface area contributed by atoms with Gasteiger partial charge in [-0.05, 0) is 33.6 Å². The number of carbonyl (C=O) groups is 1. The summed E-state index contributed by atoms with van der Waals surface area (Å²) in [5, 5.41) is 8.79. The van der Waals surface area contributed by atoms with Crippen LogP contribution in [0, 0.1) is 0 Å². The molecule has 1 heterocycles. The molecule has 0 aromatic carbocycles. The molecular formula is C11H21NO3. The van der Waals surface area contributed by atoms with Gasteiger partial charge in [-0.25, -0.2) is 0 Å². The van der Waals surface area contributed by atoms with E-state index in [-0.39, 0.29) is 30.8 Å². The van der Waals surface area contributed by atoms with Gasteiger partial charge in [0, 0.05) is 12.6 Å². The minimum Gasteiger partial charge on any atom is -0.387 e. The van der Waals surface area contributed by atoms with E-state index in [2.05, 4.69) is 0 Å². The molecule has 0 aromatic rings. The van der Waals surface area contributed by atoms with E-state index >= 15 is 0 Å². The number of likely N-dealkylation sites (tertiary alicyclic amines) is 1. The fraction of sp³-hybridized carbons (Fsp3) is 0.909. The fourth-order valence-electron chi connectivity index (χ4n) is 2.10. The smallest absolute Gasteiger partial charge is 0.248 e. The summed E-state index contributed by atoms with van der Waals surface area (Å²) in [4.78, 5) is 13.1. The van der Waals surface area contributed by atoms with Crippen LogP contribution in [0.25, 0.3) is 0 Å². The predicted octanol–water partition coefficient (Wildman–Crippen LogP) is 0.783. The van der Waals surface area contributed by atoms with Crippen molar-refractivity contribution in [3.63, 3.8) is 0 Å². The van der Waals surface area contributed by atoms with Crippen LogP contribution in [0.5, 0.6) is 0 Å². The van der Waals surface area contributed by atoms with Crippen molar-refractivity contribution in [3.8, 4) is 0 Å². The van der Waals surface area contributed by atoms with Gasteiger partial charge in [0.05, 0.1) is 12.2 Å². The normalized spacial score (nSPS) is 27.1. The molecule has 4 nitrogen and oxygen atoms in total. The number of hydrogen-bond donors (Lipinski definition) is 1. The second kappa shape index (κ2) is 5.47. The molecule has 0 spiro atoms. The Bertz CT molecular complexity index is 218. The van der Waals surface area contributed by atoms with E-state index in [9.17, 15) is 4.79 Å². The van der Waals surface area contributed by atoms with E-state index in [1.54, 1.807) is 4.90 Å². The lowest BCUT2D eigenvalue weighted by Gasteiger charge is -2.37. The first-order valence-electron chi connectivity index (χ1n) is 5.60. The molecule has 0 aromatic heterocycles. The Hall–Kier alpha value is -0.610. The van der Waals surface area contributed by atoms with Gasteiger partial charge in [-0.2, -0.15) is 0 Å². The van der Waals surface area contributed by atoms with Crippen molar-refractivity contribution in [2.45, 2.75) is 51.9 Å². The third-order valence-corrected chi connectivity index (χ3v) is 2.75. The number of aliphatic hydroxyl groups excluding tert-OH is 1. The van der Waals surface area contributed by atoms with Crippen molar-refractivity contribution in [1.82, 2.24) is 4.90 Å². The maximum Gasteiger partial charge on any atom is 0.248 e. The molecule has 1 fully saturated rings. The molecule has 1 rings (SSSR count). The highest BCUT2D eigenvalue weighted by molar-refractivity contribution is 5.77. The summed E-state index contributed by atoms with van der Waals surface area (Å²) >= 11 is 0. The van der Waals surface area contributed by atoms with Gasteiger partial charge >= 0.3 is 0 Å². The van der Waals surface area contributed by atoms with Crippen LogP contribution in [0.2, 0.25) is 0 Å². The van der Waals surface area contributed by atoms with E-state index in [0.29, 0.717) is 6.54 Å². The van der Waals surface area contributed by atoms with E-state index in [1.807, 2.05) is 20.8 Å². The lowest BCUT2D eigenvalue weighted by molar-refractivity contribution is -0.140. The van der Waals surface area contributed by atoms with Gasteiger partial charge in [0.15, 0.2) is 0 Å². The third-order valence-electron chi connectivity index (χ3n) is 2.75. The number of ether oxygens (including phenoxy) is 1. The molecule has 1 N–H and O–H groups in total. The molecular weight excluding hydrogens is 194 g/mol. The molecule has 15 heavy (non-hydrogen) atoms. The monoisotopic (exact) mass is 215 g/mol. The van der Waals surface area contributed by atoms with Crippen LogP contribution in [-0.2, 0) is 9.53 Å². The number of carbonyl (C=O) groups excluding carboxylic acids is 1. The van der Waals surface area contributed by atoms with Gasteiger partial charge in [-0.1, -0.05) is 0 Å². The lowest BCUT2D eigenvalue weighted by atomic mass is 10.0. The van der Waals surface area contributed by atoms with Crippen LogP contribution in [-0.4, -0.2) is 47.3 Å². The number of aliphatic hydroxyl groups is 1. The Morgan fingerprint density at radius 2 is 2.27 bits per heavy atom. The highest BCUT2D eigenvalue weighted by atomic mass is 16.5. The summed E-state index contributed by atoms with van der Waals surface area (Å²) in [5.74, 6) is -0.175. The SMILES string of the molecule is CC(C)O[C@@H]1CCN(C(=O)CO)[C@H](C)C1. The van der Waals surface area contributed by atoms with E-state index < -0.39 is 0 Å². The molecule has 0 unspecified atom stereocenters. The molecule has 1 amide bonds. The van der Waals surface area contributed by atoms with Crippen LogP contribution >= 0.6 is 0 Å². The second-order valence-electron chi connectivity index (χ2n) is 4.43. The standard InChI is InChI=1S/C11H21NO3/c1-8(2)15-10-4-5-12(9(3)6-10)11(14)7-13/h8-10,13H,4-7H2,1-3H3/t9-,10-/m1/s1. The molecule has 1 aliphatic heterocycles. The summed E-state index contributed by atoms with van der Waals surface area (Å²) in [5.41, 5.74) is 0. The molecule has 1 aliphatic rings. The van der Waals surface area contributed by atoms with E-state index in [1.165, 1.54) is 0 Å². The lowest BCUT2D eigenvalue weighted by Crippen LogP contribution is -2.48. The largest absolute Gasteiger partial charge is 0.387 e. The van der Waals surface area contributed by atoms with Crippen molar-refractivity contribution in [2.75, 3.05) is 13.2 Å². The van der Waals surface area contributed by atoms with Gasteiger partial charge in [-0.15, -0.1) is 0 Å². The van der Waals surface area contributed by atoms with Gasteiger partial charge in [0.1, 0.15) is 6.61 Å². The maximum absolute atomic E-state index is 11.3. The van der Waals surface area contributed by atoms with Gasteiger partial charge in [-0.3, -0.25) is 4.79 Å². The van der Waals surface area contributed by atoms with Crippen molar-refractivity contribution in [1.29, 1.82) is 0 Å². The molecule has 0 saturated carbocycles. The van der Waals surface area contributed by atoms with E-state index in [0.717, 1.165) is 12.8 Å². The Morgan fingerprint density at radius 3 is 2.73 bits per heavy atom. The summed E-state index contributed by atoms with van der Waals surface area (Å²) < 4.78 is 5.72. The molecule has 1 saturated heterocycles. The first kappa shape index (κ1) is 12.5. The van der Waals surface area contributed by atoms with Crippen LogP contribution in [0.15, 0.2) is 0 Å². The van der Waals surface area contributed by atoms with Crippen molar-refractivity contribution in [2.24, 2.45) is 0 Å². The Morgan fingerprint density at radius 1 is 1.60 bits per heavy atom. The Labute approximate surface area is 91.2 Å². The second-order valence-corrected chi connectivity index (χ2v) is 4.43. The zero-order valence-electron chi connectivity index (χ0n) is 9.77. The Balaban J connectivity index is 2.44. The number of piperidine rings is 1. The van der Waals surface area contributed by atoms with Gasteiger partial charge in [0.2, 0.25) is 5.91 Å². The first-order chi connectivity index (χ1) is 7.04. The third kappa shape index (κ3) is 3.47. The molecule has 2 atom stereocenters. The zero-order chi connectivity index (χ0) is 11.4. The number of rotatable bonds is 3. The van der Waals surface area contributed by atoms with Crippen molar-refractivity contribution < 1.29 is 14.6 Å².